The van der Waals surface area contributed by atoms with Crippen LogP contribution in [-0.2, 0) is 11.3 Å². The Morgan fingerprint density at radius 2 is 2.00 bits per heavy atom. The van der Waals surface area contributed by atoms with E-state index in [9.17, 15) is 0 Å². The van der Waals surface area contributed by atoms with Crippen LogP contribution in [0.15, 0.2) is 29.3 Å². The molecule has 2 aliphatic rings. The SMILES string of the molecule is CN=C(NCc1ccccc1OCCN1CCOCC1)NC1CN(C(C)C)CC1C. The summed E-state index contributed by atoms with van der Waals surface area (Å²) in [5, 5.41) is 7.08. The third-order valence-electron chi connectivity index (χ3n) is 6.10. The number of hydrogen-bond donors (Lipinski definition) is 2. The molecule has 168 valence electrons. The van der Waals surface area contributed by atoms with Gasteiger partial charge in [-0.1, -0.05) is 25.1 Å². The van der Waals surface area contributed by atoms with Gasteiger partial charge in [-0.3, -0.25) is 14.8 Å². The standard InChI is InChI=1S/C23H39N5O2/c1-18(2)28-16-19(3)21(17-28)26-23(24-4)25-15-20-7-5-6-8-22(20)30-14-11-27-9-12-29-13-10-27/h5-8,18-19,21H,9-17H2,1-4H3,(H2,24,25,26). The van der Waals surface area contributed by atoms with Crippen LogP contribution in [0.2, 0.25) is 0 Å². The van der Waals surface area contributed by atoms with E-state index in [1.54, 1.807) is 0 Å². The second-order valence-corrected chi connectivity index (χ2v) is 8.61. The number of morpholine rings is 1. The lowest BCUT2D eigenvalue weighted by Gasteiger charge is -2.26. The molecule has 2 fully saturated rings. The van der Waals surface area contributed by atoms with Gasteiger partial charge in [0.05, 0.1) is 13.2 Å². The highest BCUT2D eigenvalue weighted by atomic mass is 16.5. The number of rotatable bonds is 8. The highest BCUT2D eigenvalue weighted by Gasteiger charge is 2.31. The normalized spacial score (nSPS) is 23.7. The number of likely N-dealkylation sites (tertiary alicyclic amines) is 1. The molecule has 30 heavy (non-hydrogen) atoms. The molecule has 0 radical (unpaired) electrons. The van der Waals surface area contributed by atoms with Gasteiger partial charge in [-0.05, 0) is 25.8 Å². The van der Waals surface area contributed by atoms with Crippen molar-refractivity contribution < 1.29 is 9.47 Å². The smallest absolute Gasteiger partial charge is 0.191 e. The molecule has 2 aliphatic heterocycles. The zero-order chi connectivity index (χ0) is 21.3. The number of guanidine groups is 1. The van der Waals surface area contributed by atoms with Crippen LogP contribution in [0.3, 0.4) is 0 Å². The molecule has 0 aliphatic carbocycles. The van der Waals surface area contributed by atoms with E-state index >= 15 is 0 Å². The molecule has 3 rings (SSSR count). The summed E-state index contributed by atoms with van der Waals surface area (Å²) in [5.74, 6) is 2.39. The first-order valence-electron chi connectivity index (χ1n) is 11.3. The van der Waals surface area contributed by atoms with Crippen LogP contribution in [0.1, 0.15) is 26.3 Å². The molecule has 2 saturated heterocycles. The molecule has 2 N–H and O–H groups in total. The van der Waals surface area contributed by atoms with Crippen molar-refractivity contribution in [3.05, 3.63) is 29.8 Å². The summed E-state index contributed by atoms with van der Waals surface area (Å²) in [6.45, 7) is 14.9. The van der Waals surface area contributed by atoms with Gasteiger partial charge in [-0.2, -0.15) is 0 Å². The summed E-state index contributed by atoms with van der Waals surface area (Å²) in [7, 11) is 1.83. The predicted octanol–water partition coefficient (Wildman–Crippen LogP) is 1.79. The summed E-state index contributed by atoms with van der Waals surface area (Å²) >= 11 is 0. The van der Waals surface area contributed by atoms with Crippen molar-refractivity contribution in [3.8, 4) is 5.75 Å². The Hall–Kier alpha value is -1.83. The highest BCUT2D eigenvalue weighted by Crippen LogP contribution is 2.19. The summed E-state index contributed by atoms with van der Waals surface area (Å²) in [6, 6.07) is 9.24. The molecule has 0 bridgehead atoms. The third-order valence-corrected chi connectivity index (χ3v) is 6.10. The zero-order valence-corrected chi connectivity index (χ0v) is 19.1. The maximum atomic E-state index is 6.11. The monoisotopic (exact) mass is 417 g/mol. The fourth-order valence-electron chi connectivity index (χ4n) is 4.06. The molecule has 0 aromatic heterocycles. The molecule has 1 aromatic rings. The van der Waals surface area contributed by atoms with Crippen molar-refractivity contribution in [2.75, 3.05) is 59.6 Å². The number of benzene rings is 1. The second-order valence-electron chi connectivity index (χ2n) is 8.61. The second kappa shape index (κ2) is 11.5. The maximum Gasteiger partial charge on any atom is 0.191 e. The molecule has 7 heteroatoms. The van der Waals surface area contributed by atoms with Gasteiger partial charge in [-0.15, -0.1) is 0 Å². The van der Waals surface area contributed by atoms with E-state index in [-0.39, 0.29) is 0 Å². The number of para-hydroxylation sites is 1. The van der Waals surface area contributed by atoms with Crippen LogP contribution in [0.25, 0.3) is 0 Å². The minimum Gasteiger partial charge on any atom is -0.492 e. The van der Waals surface area contributed by atoms with E-state index in [1.807, 2.05) is 19.2 Å². The van der Waals surface area contributed by atoms with E-state index < -0.39 is 0 Å². The Balaban J connectivity index is 1.48. The first-order valence-corrected chi connectivity index (χ1v) is 11.3. The molecule has 2 heterocycles. The fourth-order valence-corrected chi connectivity index (χ4v) is 4.06. The summed E-state index contributed by atoms with van der Waals surface area (Å²) in [6.07, 6.45) is 0. The van der Waals surface area contributed by atoms with Crippen LogP contribution in [0.5, 0.6) is 5.75 Å². The van der Waals surface area contributed by atoms with Gasteiger partial charge in [-0.25, -0.2) is 0 Å². The number of nitrogens with zero attached hydrogens (tertiary/aromatic N) is 3. The van der Waals surface area contributed by atoms with Gasteiger partial charge < -0.3 is 20.1 Å². The minimum atomic E-state index is 0.415. The molecular weight excluding hydrogens is 378 g/mol. The quantitative estimate of drug-likeness (QED) is 0.497. The largest absolute Gasteiger partial charge is 0.492 e. The molecule has 0 amide bonds. The number of aliphatic imine (C=N–C) groups is 1. The maximum absolute atomic E-state index is 6.11. The highest BCUT2D eigenvalue weighted by molar-refractivity contribution is 5.80. The fraction of sp³-hybridized carbons (Fsp3) is 0.696. The van der Waals surface area contributed by atoms with Crippen LogP contribution < -0.4 is 15.4 Å². The van der Waals surface area contributed by atoms with Crippen LogP contribution in [0.4, 0.5) is 0 Å². The van der Waals surface area contributed by atoms with Gasteiger partial charge in [0.25, 0.3) is 0 Å². The van der Waals surface area contributed by atoms with Crippen molar-refractivity contribution in [2.24, 2.45) is 10.9 Å². The number of ether oxygens (including phenoxy) is 2. The van der Waals surface area contributed by atoms with Crippen molar-refractivity contribution in [1.29, 1.82) is 0 Å². The van der Waals surface area contributed by atoms with Crippen molar-refractivity contribution >= 4 is 5.96 Å². The Kier molecular flexibility index (Phi) is 8.78. The Labute approximate surface area is 181 Å². The number of nitrogens with one attached hydrogen (secondary N) is 2. The van der Waals surface area contributed by atoms with Crippen molar-refractivity contribution in [1.82, 2.24) is 20.4 Å². The predicted molar refractivity (Wildman–Crippen MR) is 122 cm³/mol. The Morgan fingerprint density at radius 1 is 1.23 bits per heavy atom. The first kappa shape index (κ1) is 22.8. The molecule has 0 spiro atoms. The van der Waals surface area contributed by atoms with E-state index in [1.165, 1.54) is 0 Å². The van der Waals surface area contributed by atoms with Gasteiger partial charge >= 0.3 is 0 Å². The van der Waals surface area contributed by atoms with Gasteiger partial charge in [0.1, 0.15) is 12.4 Å². The van der Waals surface area contributed by atoms with Crippen molar-refractivity contribution in [2.45, 2.75) is 39.4 Å². The zero-order valence-electron chi connectivity index (χ0n) is 19.1. The van der Waals surface area contributed by atoms with Crippen LogP contribution >= 0.6 is 0 Å². The van der Waals surface area contributed by atoms with Gasteiger partial charge in [0, 0.05) is 64.0 Å². The summed E-state index contributed by atoms with van der Waals surface area (Å²) in [5.41, 5.74) is 1.14. The summed E-state index contributed by atoms with van der Waals surface area (Å²) < 4.78 is 11.5. The first-order chi connectivity index (χ1) is 14.6. The lowest BCUT2D eigenvalue weighted by atomic mass is 10.1. The number of hydrogen-bond acceptors (Lipinski definition) is 5. The van der Waals surface area contributed by atoms with Crippen molar-refractivity contribution in [3.63, 3.8) is 0 Å². The molecular formula is C23H39N5O2. The minimum absolute atomic E-state index is 0.415. The van der Waals surface area contributed by atoms with Gasteiger partial charge in [0.2, 0.25) is 0 Å². The molecule has 0 saturated carbocycles. The lowest BCUT2D eigenvalue weighted by Crippen LogP contribution is -2.46. The molecule has 7 nitrogen and oxygen atoms in total. The lowest BCUT2D eigenvalue weighted by molar-refractivity contribution is 0.0322. The summed E-state index contributed by atoms with van der Waals surface area (Å²) in [4.78, 5) is 9.35. The van der Waals surface area contributed by atoms with Crippen LogP contribution in [0, 0.1) is 5.92 Å². The van der Waals surface area contributed by atoms with E-state index in [2.05, 4.69) is 58.3 Å². The Bertz CT molecular complexity index is 675. The topological polar surface area (TPSA) is 61.4 Å². The molecule has 2 unspecified atom stereocenters. The third kappa shape index (κ3) is 6.59. The average Bonchev–Trinajstić information content (AvgIpc) is 3.13. The Morgan fingerprint density at radius 3 is 2.70 bits per heavy atom. The van der Waals surface area contributed by atoms with Crippen LogP contribution in [-0.4, -0.2) is 87.4 Å². The molecule has 1 aromatic carbocycles. The van der Waals surface area contributed by atoms with E-state index in [0.29, 0.717) is 31.2 Å². The van der Waals surface area contributed by atoms with Gasteiger partial charge in [0.15, 0.2) is 5.96 Å². The molecule has 2 atom stereocenters. The average molecular weight is 418 g/mol. The van der Waals surface area contributed by atoms with E-state index in [0.717, 1.165) is 63.2 Å². The van der Waals surface area contributed by atoms with E-state index in [4.69, 9.17) is 9.47 Å².